The summed E-state index contributed by atoms with van der Waals surface area (Å²) in [6.45, 7) is 12.5. The minimum absolute atomic E-state index is 0.161. The first-order valence-corrected chi connectivity index (χ1v) is 5.16. The summed E-state index contributed by atoms with van der Waals surface area (Å²) in [4.78, 5) is 8.32. The summed E-state index contributed by atoms with van der Waals surface area (Å²) in [7, 11) is 0. The normalized spacial score (nSPS) is 13.6. The Morgan fingerprint density at radius 3 is 2.29 bits per heavy atom. The molecule has 0 saturated carbocycles. The lowest BCUT2D eigenvalue weighted by molar-refractivity contribution is 0.190. The molecular formula is C11H22N2O. The highest BCUT2D eigenvalue weighted by atomic mass is 16.5. The molecule has 0 fully saturated rings. The van der Waals surface area contributed by atoms with E-state index in [0.717, 1.165) is 13.1 Å². The van der Waals surface area contributed by atoms with Gasteiger partial charge in [-0.1, -0.05) is 20.8 Å². The average Bonchev–Trinajstić information content (AvgIpc) is 2.08. The van der Waals surface area contributed by atoms with Gasteiger partial charge in [0, 0.05) is 13.1 Å². The third kappa shape index (κ3) is 7.77. The molecule has 3 nitrogen and oxygen atoms in total. The Labute approximate surface area is 87.3 Å². The molecule has 0 aliphatic rings. The summed E-state index contributed by atoms with van der Waals surface area (Å²) in [6.07, 6.45) is 1.70. The van der Waals surface area contributed by atoms with Crippen molar-refractivity contribution in [1.82, 2.24) is 0 Å². The summed E-state index contributed by atoms with van der Waals surface area (Å²) < 4.78 is 5.55. The molecule has 0 aromatic heterocycles. The Bertz CT molecular complexity index is 202. The maximum Gasteiger partial charge on any atom is 0.227 e. The van der Waals surface area contributed by atoms with Gasteiger partial charge >= 0.3 is 0 Å². The van der Waals surface area contributed by atoms with Crippen molar-refractivity contribution >= 4 is 12.1 Å². The van der Waals surface area contributed by atoms with Gasteiger partial charge in [0.1, 0.15) is 0 Å². The van der Waals surface area contributed by atoms with Gasteiger partial charge in [-0.15, -0.1) is 0 Å². The van der Waals surface area contributed by atoms with Crippen molar-refractivity contribution in [2.75, 3.05) is 19.7 Å². The fraction of sp³-hybridized carbons (Fsp3) is 0.818. The van der Waals surface area contributed by atoms with Crippen LogP contribution in [0, 0.1) is 5.41 Å². The Balaban J connectivity index is 4.12. The van der Waals surface area contributed by atoms with E-state index >= 15 is 0 Å². The van der Waals surface area contributed by atoms with Crippen LogP contribution in [0.2, 0.25) is 0 Å². The second-order valence-corrected chi connectivity index (χ2v) is 4.29. The van der Waals surface area contributed by atoms with Crippen molar-refractivity contribution < 1.29 is 4.74 Å². The smallest absolute Gasteiger partial charge is 0.227 e. The Morgan fingerprint density at radius 1 is 1.21 bits per heavy atom. The van der Waals surface area contributed by atoms with E-state index in [1.807, 2.05) is 13.8 Å². The molecule has 0 radical (unpaired) electrons. The number of aliphatic imine (C=N–C) groups is 2. The van der Waals surface area contributed by atoms with Gasteiger partial charge in [-0.05, 0) is 19.3 Å². The lowest BCUT2D eigenvalue weighted by Gasteiger charge is -2.18. The van der Waals surface area contributed by atoms with Gasteiger partial charge in [-0.25, -0.2) is 0 Å². The van der Waals surface area contributed by atoms with Crippen LogP contribution in [0.3, 0.4) is 0 Å². The predicted octanol–water partition coefficient (Wildman–Crippen LogP) is 2.56. The van der Waals surface area contributed by atoms with E-state index < -0.39 is 0 Å². The largest absolute Gasteiger partial charge is 0.476 e. The SMILES string of the molecule is CC/N=C\C(=N/CC)OCC(C)(C)C. The third-order valence-electron chi connectivity index (χ3n) is 1.35. The molecule has 0 spiro atoms. The number of rotatable bonds is 4. The van der Waals surface area contributed by atoms with Crippen LogP contribution in [0.15, 0.2) is 9.98 Å². The molecule has 0 saturated heterocycles. The zero-order chi connectivity index (χ0) is 11.0. The van der Waals surface area contributed by atoms with Gasteiger partial charge in [-0.2, -0.15) is 0 Å². The van der Waals surface area contributed by atoms with E-state index in [4.69, 9.17) is 4.74 Å². The Morgan fingerprint density at radius 2 is 1.86 bits per heavy atom. The zero-order valence-corrected chi connectivity index (χ0v) is 10.0. The van der Waals surface area contributed by atoms with Gasteiger partial charge in [0.05, 0.1) is 12.8 Å². The minimum Gasteiger partial charge on any atom is -0.476 e. The van der Waals surface area contributed by atoms with Crippen molar-refractivity contribution in [3.63, 3.8) is 0 Å². The topological polar surface area (TPSA) is 34.0 Å². The van der Waals surface area contributed by atoms with Crippen LogP contribution in [0.1, 0.15) is 34.6 Å². The number of hydrogen-bond donors (Lipinski definition) is 0. The monoisotopic (exact) mass is 198 g/mol. The summed E-state index contributed by atoms with van der Waals surface area (Å²) in [5.41, 5.74) is 0.161. The van der Waals surface area contributed by atoms with E-state index in [2.05, 4.69) is 30.8 Å². The summed E-state index contributed by atoms with van der Waals surface area (Å²) in [5.74, 6) is 0.643. The average molecular weight is 198 g/mol. The molecule has 0 bridgehead atoms. The van der Waals surface area contributed by atoms with Crippen LogP contribution in [0.25, 0.3) is 0 Å². The highest BCUT2D eigenvalue weighted by Crippen LogP contribution is 2.12. The fourth-order valence-electron chi connectivity index (χ4n) is 0.739. The molecule has 82 valence electrons. The van der Waals surface area contributed by atoms with Gasteiger partial charge < -0.3 is 4.74 Å². The predicted molar refractivity (Wildman–Crippen MR) is 62.4 cm³/mol. The molecule has 0 aromatic carbocycles. The van der Waals surface area contributed by atoms with Crippen LogP contribution in [-0.4, -0.2) is 31.8 Å². The van der Waals surface area contributed by atoms with Crippen LogP contribution >= 0.6 is 0 Å². The number of ether oxygens (including phenoxy) is 1. The van der Waals surface area contributed by atoms with Crippen molar-refractivity contribution in [3.05, 3.63) is 0 Å². The van der Waals surface area contributed by atoms with Gasteiger partial charge in [-0.3, -0.25) is 9.98 Å². The summed E-state index contributed by atoms with van der Waals surface area (Å²) >= 11 is 0. The van der Waals surface area contributed by atoms with Gasteiger partial charge in [0.15, 0.2) is 0 Å². The maximum absolute atomic E-state index is 5.55. The molecule has 0 aromatic rings. The zero-order valence-electron chi connectivity index (χ0n) is 10.0. The van der Waals surface area contributed by atoms with E-state index in [-0.39, 0.29) is 5.41 Å². The van der Waals surface area contributed by atoms with Crippen LogP contribution in [0.5, 0.6) is 0 Å². The molecule has 0 unspecified atom stereocenters. The lowest BCUT2D eigenvalue weighted by atomic mass is 9.99. The van der Waals surface area contributed by atoms with Crippen LogP contribution in [0.4, 0.5) is 0 Å². The summed E-state index contributed by atoms with van der Waals surface area (Å²) in [6, 6.07) is 0. The molecule has 0 N–H and O–H groups in total. The van der Waals surface area contributed by atoms with Crippen molar-refractivity contribution in [1.29, 1.82) is 0 Å². The number of hydrogen-bond acceptors (Lipinski definition) is 3. The first kappa shape index (κ1) is 13.1. The molecule has 0 atom stereocenters. The van der Waals surface area contributed by atoms with E-state index in [1.165, 1.54) is 0 Å². The van der Waals surface area contributed by atoms with Gasteiger partial charge in [0.2, 0.25) is 5.90 Å². The van der Waals surface area contributed by atoms with Crippen molar-refractivity contribution in [3.8, 4) is 0 Å². The Hall–Kier alpha value is -0.860. The molecule has 0 heterocycles. The third-order valence-corrected chi connectivity index (χ3v) is 1.35. The van der Waals surface area contributed by atoms with Crippen LogP contribution < -0.4 is 0 Å². The van der Waals surface area contributed by atoms with Crippen LogP contribution in [-0.2, 0) is 4.74 Å². The highest BCUT2D eigenvalue weighted by Gasteiger charge is 2.11. The molecule has 0 rings (SSSR count). The van der Waals surface area contributed by atoms with E-state index in [0.29, 0.717) is 12.5 Å². The molecule has 0 aliphatic carbocycles. The molecule has 0 amide bonds. The summed E-state index contributed by atoms with van der Waals surface area (Å²) in [5, 5.41) is 0. The minimum atomic E-state index is 0.161. The molecule has 0 aliphatic heterocycles. The lowest BCUT2D eigenvalue weighted by Crippen LogP contribution is -2.19. The van der Waals surface area contributed by atoms with Gasteiger partial charge in [0.25, 0.3) is 0 Å². The Kier molecular flexibility index (Phi) is 6.17. The van der Waals surface area contributed by atoms with E-state index in [1.54, 1.807) is 6.21 Å². The number of nitrogens with zero attached hydrogens (tertiary/aromatic N) is 2. The molecular weight excluding hydrogens is 176 g/mol. The first-order chi connectivity index (χ1) is 6.49. The second-order valence-electron chi connectivity index (χ2n) is 4.29. The van der Waals surface area contributed by atoms with Crippen molar-refractivity contribution in [2.24, 2.45) is 15.4 Å². The van der Waals surface area contributed by atoms with E-state index in [9.17, 15) is 0 Å². The molecule has 14 heavy (non-hydrogen) atoms. The maximum atomic E-state index is 5.55. The first-order valence-electron chi connectivity index (χ1n) is 5.16. The highest BCUT2D eigenvalue weighted by molar-refractivity contribution is 6.26. The second kappa shape index (κ2) is 6.57. The molecule has 3 heteroatoms. The fourth-order valence-corrected chi connectivity index (χ4v) is 0.739. The van der Waals surface area contributed by atoms with Crippen molar-refractivity contribution in [2.45, 2.75) is 34.6 Å². The quantitative estimate of drug-likeness (QED) is 0.505. The standard InChI is InChI=1S/C11H22N2O/c1-6-12-8-10(13-7-2)14-9-11(3,4)5/h8H,6-7,9H2,1-5H3/b12-8-,13-10+.